The van der Waals surface area contributed by atoms with E-state index in [9.17, 15) is 4.79 Å². The van der Waals surface area contributed by atoms with E-state index in [2.05, 4.69) is 20.7 Å². The van der Waals surface area contributed by atoms with Gasteiger partial charge in [0.2, 0.25) is 0 Å². The molecule has 4 aromatic rings. The molecule has 0 fully saturated rings. The molecule has 0 radical (unpaired) electrons. The van der Waals surface area contributed by atoms with Crippen molar-refractivity contribution < 1.29 is 9.53 Å². The zero-order valence-electron chi connectivity index (χ0n) is 19.2. The first-order valence-electron chi connectivity index (χ1n) is 10.7. The summed E-state index contributed by atoms with van der Waals surface area (Å²) in [6.45, 7) is 3.90. The van der Waals surface area contributed by atoms with E-state index in [-0.39, 0.29) is 11.7 Å². The number of hydrogen-bond acceptors (Lipinski definition) is 6. The molecule has 1 aromatic heterocycles. The van der Waals surface area contributed by atoms with Crippen molar-refractivity contribution in [3.63, 3.8) is 0 Å². The van der Waals surface area contributed by atoms with Gasteiger partial charge in [-0.3, -0.25) is 9.36 Å². The Hall–Kier alpha value is -3.91. The quantitative estimate of drug-likeness (QED) is 0.225. The van der Waals surface area contributed by atoms with Crippen molar-refractivity contribution >= 4 is 23.4 Å². The molecule has 0 aliphatic rings. The lowest BCUT2D eigenvalue weighted by atomic mass is 10.1. The fraction of sp³-hybridized carbons (Fsp3) is 0.154. The number of nitrogens with zero attached hydrogens (tertiary/aromatic N) is 4. The van der Waals surface area contributed by atoms with Crippen molar-refractivity contribution in [3.05, 3.63) is 90.0 Å². The predicted octanol–water partition coefficient (Wildman–Crippen LogP) is 4.88. The normalized spacial score (nSPS) is 11.3. The van der Waals surface area contributed by atoms with Crippen LogP contribution in [-0.2, 0) is 4.79 Å². The molecular weight excluding hydrogens is 446 g/mol. The highest BCUT2D eigenvalue weighted by Gasteiger charge is 2.17. The van der Waals surface area contributed by atoms with Crippen LogP contribution in [0.15, 0.2) is 89.1 Å². The molecule has 172 valence electrons. The van der Waals surface area contributed by atoms with Crippen molar-refractivity contribution in [1.29, 1.82) is 0 Å². The Morgan fingerprint density at radius 1 is 1.00 bits per heavy atom. The Morgan fingerprint density at radius 3 is 2.38 bits per heavy atom. The van der Waals surface area contributed by atoms with E-state index in [4.69, 9.17) is 4.74 Å². The molecule has 0 aliphatic heterocycles. The van der Waals surface area contributed by atoms with Gasteiger partial charge >= 0.3 is 0 Å². The van der Waals surface area contributed by atoms with Crippen LogP contribution in [0.3, 0.4) is 0 Å². The summed E-state index contributed by atoms with van der Waals surface area (Å²) in [4.78, 5) is 12.5. The Kier molecular flexibility index (Phi) is 7.39. The average Bonchev–Trinajstić information content (AvgIpc) is 3.31. The Labute approximate surface area is 202 Å². The highest BCUT2D eigenvalue weighted by molar-refractivity contribution is 7.99. The molecule has 0 spiro atoms. The number of amides is 1. The molecule has 3 aromatic carbocycles. The first kappa shape index (κ1) is 23.3. The van der Waals surface area contributed by atoms with Crippen LogP contribution in [-0.4, -0.2) is 39.2 Å². The number of rotatable bonds is 8. The van der Waals surface area contributed by atoms with E-state index in [1.54, 1.807) is 7.11 Å². The first-order valence-corrected chi connectivity index (χ1v) is 11.7. The van der Waals surface area contributed by atoms with Crippen LogP contribution in [0.5, 0.6) is 5.75 Å². The van der Waals surface area contributed by atoms with Crippen molar-refractivity contribution in [1.82, 2.24) is 20.2 Å². The van der Waals surface area contributed by atoms with Gasteiger partial charge in [-0.25, -0.2) is 5.43 Å². The molecule has 34 heavy (non-hydrogen) atoms. The van der Waals surface area contributed by atoms with Gasteiger partial charge in [0, 0.05) is 11.3 Å². The van der Waals surface area contributed by atoms with Crippen LogP contribution in [0.1, 0.15) is 18.1 Å². The minimum absolute atomic E-state index is 0.147. The number of carbonyl (C=O) groups excluding carboxylic acids is 1. The van der Waals surface area contributed by atoms with Gasteiger partial charge < -0.3 is 4.74 Å². The molecule has 1 N–H and O–H groups in total. The lowest BCUT2D eigenvalue weighted by molar-refractivity contribution is -0.118. The lowest BCUT2D eigenvalue weighted by Crippen LogP contribution is -2.21. The second-order valence-electron chi connectivity index (χ2n) is 7.59. The van der Waals surface area contributed by atoms with Gasteiger partial charge in [-0.15, -0.1) is 10.2 Å². The predicted molar refractivity (Wildman–Crippen MR) is 136 cm³/mol. The fourth-order valence-electron chi connectivity index (χ4n) is 3.27. The maximum absolute atomic E-state index is 12.5. The van der Waals surface area contributed by atoms with Crippen molar-refractivity contribution in [2.45, 2.75) is 19.0 Å². The second kappa shape index (κ2) is 10.8. The molecular formula is C26H25N5O2S. The topological polar surface area (TPSA) is 81.4 Å². The molecule has 0 bridgehead atoms. The maximum atomic E-state index is 12.5. The van der Waals surface area contributed by atoms with E-state index in [0.29, 0.717) is 11.0 Å². The SMILES string of the molecule is COc1ccc(-n2c(SCC(=O)NN=C(C)c3ccccc3)nnc2-c2ccc(C)cc2)cc1. The van der Waals surface area contributed by atoms with Gasteiger partial charge in [-0.2, -0.15) is 5.10 Å². The summed E-state index contributed by atoms with van der Waals surface area (Å²) >= 11 is 1.30. The van der Waals surface area contributed by atoms with E-state index in [0.717, 1.165) is 33.8 Å². The van der Waals surface area contributed by atoms with Crippen LogP contribution in [0, 0.1) is 6.92 Å². The van der Waals surface area contributed by atoms with Gasteiger partial charge in [0.05, 0.1) is 18.6 Å². The number of hydrazone groups is 1. The summed E-state index contributed by atoms with van der Waals surface area (Å²) in [7, 11) is 1.63. The molecule has 0 unspecified atom stereocenters. The summed E-state index contributed by atoms with van der Waals surface area (Å²) in [5.74, 6) is 1.38. The number of methoxy groups -OCH3 is 1. The molecule has 1 heterocycles. The van der Waals surface area contributed by atoms with Gasteiger partial charge in [0.25, 0.3) is 5.91 Å². The van der Waals surface area contributed by atoms with Crippen LogP contribution in [0.2, 0.25) is 0 Å². The van der Waals surface area contributed by atoms with Crippen LogP contribution >= 0.6 is 11.8 Å². The zero-order chi connectivity index (χ0) is 23.9. The number of ether oxygens (including phenoxy) is 1. The summed E-state index contributed by atoms with van der Waals surface area (Å²) in [5, 5.41) is 13.6. The monoisotopic (exact) mass is 471 g/mol. The van der Waals surface area contributed by atoms with Crippen molar-refractivity contribution in [2.24, 2.45) is 5.10 Å². The smallest absolute Gasteiger partial charge is 0.250 e. The van der Waals surface area contributed by atoms with E-state index < -0.39 is 0 Å². The number of aromatic nitrogens is 3. The highest BCUT2D eigenvalue weighted by atomic mass is 32.2. The molecule has 0 atom stereocenters. The number of aryl methyl sites for hydroxylation is 1. The third kappa shape index (κ3) is 5.52. The lowest BCUT2D eigenvalue weighted by Gasteiger charge is -2.11. The molecule has 8 heteroatoms. The number of benzene rings is 3. The summed E-state index contributed by atoms with van der Waals surface area (Å²) in [6.07, 6.45) is 0. The van der Waals surface area contributed by atoms with E-state index >= 15 is 0 Å². The molecule has 1 amide bonds. The summed E-state index contributed by atoms with van der Waals surface area (Å²) in [6, 6.07) is 25.5. The Morgan fingerprint density at radius 2 is 1.71 bits per heavy atom. The van der Waals surface area contributed by atoms with Crippen molar-refractivity contribution in [3.8, 4) is 22.8 Å². The van der Waals surface area contributed by atoms with Crippen LogP contribution < -0.4 is 10.2 Å². The second-order valence-corrected chi connectivity index (χ2v) is 8.54. The summed E-state index contributed by atoms with van der Waals surface area (Å²) in [5.41, 5.74) is 7.30. The number of hydrogen-bond donors (Lipinski definition) is 1. The minimum atomic E-state index is -0.221. The third-order valence-corrected chi connectivity index (χ3v) is 6.07. The molecule has 0 aliphatic carbocycles. The minimum Gasteiger partial charge on any atom is -0.497 e. The van der Waals surface area contributed by atoms with Gasteiger partial charge in [0.15, 0.2) is 11.0 Å². The molecule has 7 nitrogen and oxygen atoms in total. The maximum Gasteiger partial charge on any atom is 0.250 e. The number of carbonyl (C=O) groups is 1. The van der Waals surface area contributed by atoms with Gasteiger partial charge in [-0.05, 0) is 43.7 Å². The number of nitrogens with one attached hydrogen (secondary N) is 1. The fourth-order valence-corrected chi connectivity index (χ4v) is 4.01. The Bertz CT molecular complexity index is 1280. The largest absolute Gasteiger partial charge is 0.497 e. The zero-order valence-corrected chi connectivity index (χ0v) is 20.0. The highest BCUT2D eigenvalue weighted by Crippen LogP contribution is 2.29. The van der Waals surface area contributed by atoms with Gasteiger partial charge in [-0.1, -0.05) is 71.9 Å². The molecule has 0 saturated carbocycles. The Balaban J connectivity index is 1.55. The first-order chi connectivity index (χ1) is 16.5. The van der Waals surface area contributed by atoms with E-state index in [1.807, 2.05) is 97.3 Å². The molecule has 0 saturated heterocycles. The van der Waals surface area contributed by atoms with Crippen molar-refractivity contribution in [2.75, 3.05) is 12.9 Å². The molecule has 4 rings (SSSR count). The van der Waals surface area contributed by atoms with E-state index in [1.165, 1.54) is 11.8 Å². The van der Waals surface area contributed by atoms with Crippen LogP contribution in [0.4, 0.5) is 0 Å². The van der Waals surface area contributed by atoms with Gasteiger partial charge in [0.1, 0.15) is 5.75 Å². The summed E-state index contributed by atoms with van der Waals surface area (Å²) < 4.78 is 7.24. The van der Waals surface area contributed by atoms with Crippen LogP contribution in [0.25, 0.3) is 17.1 Å². The average molecular weight is 472 g/mol. The third-order valence-electron chi connectivity index (χ3n) is 5.15. The standard InChI is InChI=1S/C26H25N5O2S/c1-18-9-11-21(12-10-18)25-29-30-26(31(25)22-13-15-23(33-3)16-14-22)34-17-24(32)28-27-19(2)20-7-5-4-6-8-20/h4-16H,17H2,1-3H3,(H,28,32). The number of thioether (sulfide) groups is 1.